The van der Waals surface area contributed by atoms with Crippen LogP contribution >= 0.6 is 0 Å². The van der Waals surface area contributed by atoms with Crippen molar-refractivity contribution in [2.45, 2.75) is 12.5 Å². The lowest BCUT2D eigenvalue weighted by Gasteiger charge is -2.17. The molecule has 170 valence electrons. The summed E-state index contributed by atoms with van der Waals surface area (Å²) in [5.41, 5.74) is 4.48. The molecule has 2 N–H and O–H groups in total. The van der Waals surface area contributed by atoms with Crippen LogP contribution in [-0.2, 0) is 9.47 Å². The van der Waals surface area contributed by atoms with Crippen molar-refractivity contribution in [3.05, 3.63) is 60.8 Å². The Balaban J connectivity index is 1.52. The number of ether oxygens (including phenoxy) is 2. The summed E-state index contributed by atoms with van der Waals surface area (Å²) in [5, 5.41) is 14.0. The van der Waals surface area contributed by atoms with E-state index < -0.39 is 6.09 Å². The Hall–Kier alpha value is -3.98. The second kappa shape index (κ2) is 10.1. The number of rotatable bonds is 5. The van der Waals surface area contributed by atoms with Gasteiger partial charge in [-0.3, -0.25) is 5.32 Å². The van der Waals surface area contributed by atoms with E-state index in [0.717, 1.165) is 23.1 Å². The maximum absolute atomic E-state index is 12.6. The van der Waals surface area contributed by atoms with Gasteiger partial charge in [0, 0.05) is 42.7 Å². The molecule has 3 amide bonds. The second-order valence-electron chi connectivity index (χ2n) is 7.63. The number of aromatic nitrogens is 2. The number of carbonyl (C=O) groups excluding carboxylic acids is 2. The lowest BCUT2D eigenvalue weighted by atomic mass is 10.0. The molecule has 1 saturated heterocycles. The average molecular weight is 447 g/mol. The minimum absolute atomic E-state index is 0.0846. The van der Waals surface area contributed by atoms with Crippen LogP contribution in [0.15, 0.2) is 60.8 Å². The predicted octanol–water partition coefficient (Wildman–Crippen LogP) is 4.24. The molecule has 3 aromatic rings. The number of methoxy groups -OCH3 is 2. The van der Waals surface area contributed by atoms with E-state index in [-0.39, 0.29) is 12.1 Å². The van der Waals surface area contributed by atoms with Gasteiger partial charge in [-0.15, -0.1) is 0 Å². The third kappa shape index (κ3) is 5.45. The summed E-state index contributed by atoms with van der Waals surface area (Å²) in [4.78, 5) is 25.8. The van der Waals surface area contributed by atoms with Gasteiger partial charge in [0.15, 0.2) is 0 Å². The van der Waals surface area contributed by atoms with Crippen molar-refractivity contribution in [3.8, 4) is 22.4 Å². The number of nitrogens with zero attached hydrogens (tertiary/aromatic N) is 3. The number of anilines is 2. The zero-order chi connectivity index (χ0) is 23.2. The molecule has 9 nitrogen and oxygen atoms in total. The van der Waals surface area contributed by atoms with Crippen LogP contribution in [0.3, 0.4) is 0 Å². The lowest BCUT2D eigenvalue weighted by molar-refractivity contribution is 0.111. The third-order valence-corrected chi connectivity index (χ3v) is 5.46. The minimum atomic E-state index is -0.536. The van der Waals surface area contributed by atoms with E-state index in [4.69, 9.17) is 4.74 Å². The highest BCUT2D eigenvalue weighted by Gasteiger charge is 2.26. The maximum Gasteiger partial charge on any atom is 0.411 e. The molecule has 2 heterocycles. The van der Waals surface area contributed by atoms with Crippen LogP contribution in [0.2, 0.25) is 0 Å². The van der Waals surface area contributed by atoms with E-state index in [0.29, 0.717) is 30.2 Å². The van der Waals surface area contributed by atoms with Crippen molar-refractivity contribution >= 4 is 23.5 Å². The Kier molecular flexibility index (Phi) is 6.80. The summed E-state index contributed by atoms with van der Waals surface area (Å²) in [6.07, 6.45) is 2.04. The number of hydrogen-bond acceptors (Lipinski definition) is 6. The van der Waals surface area contributed by atoms with Crippen LogP contribution in [-0.4, -0.2) is 60.6 Å². The van der Waals surface area contributed by atoms with E-state index in [1.54, 1.807) is 24.3 Å². The highest BCUT2D eigenvalue weighted by atomic mass is 16.5. The first-order chi connectivity index (χ1) is 16.1. The standard InChI is InChI=1S/C24H25N5O4/c1-32-21-9-10-29(15-21)23(30)26-19-7-4-6-17(12-19)22-13-18(14-25-28-22)16-5-3-8-20(11-16)27-24(31)33-2/h3-8,11-14,21H,9-10,15H2,1-2H3,(H,26,30)(H,27,31)/t21-/m1/s1. The van der Waals surface area contributed by atoms with Gasteiger partial charge in [0.25, 0.3) is 0 Å². The van der Waals surface area contributed by atoms with Crippen LogP contribution < -0.4 is 10.6 Å². The quantitative estimate of drug-likeness (QED) is 0.606. The molecule has 0 spiro atoms. The zero-order valence-electron chi connectivity index (χ0n) is 18.4. The van der Waals surface area contributed by atoms with E-state index in [1.165, 1.54) is 7.11 Å². The van der Waals surface area contributed by atoms with Crippen molar-refractivity contribution in [2.24, 2.45) is 0 Å². The number of nitrogens with one attached hydrogen (secondary N) is 2. The molecule has 0 radical (unpaired) electrons. The normalized spacial score (nSPS) is 15.2. The first-order valence-corrected chi connectivity index (χ1v) is 10.5. The largest absolute Gasteiger partial charge is 0.453 e. The monoisotopic (exact) mass is 447 g/mol. The van der Waals surface area contributed by atoms with Crippen molar-refractivity contribution in [1.82, 2.24) is 15.1 Å². The Labute approximate surface area is 191 Å². The Morgan fingerprint density at radius 1 is 0.970 bits per heavy atom. The molecule has 0 aliphatic carbocycles. The molecule has 1 fully saturated rings. The van der Waals surface area contributed by atoms with Gasteiger partial charge in [-0.1, -0.05) is 24.3 Å². The molecular formula is C24H25N5O4. The first kappa shape index (κ1) is 22.2. The molecule has 1 aromatic heterocycles. The summed E-state index contributed by atoms with van der Waals surface area (Å²) in [7, 11) is 2.98. The summed E-state index contributed by atoms with van der Waals surface area (Å²) in [5.74, 6) is 0. The molecular weight excluding hydrogens is 422 g/mol. The van der Waals surface area contributed by atoms with Gasteiger partial charge >= 0.3 is 12.1 Å². The van der Waals surface area contributed by atoms with Gasteiger partial charge in [0.1, 0.15) is 0 Å². The lowest BCUT2D eigenvalue weighted by Crippen LogP contribution is -2.33. The number of carbonyl (C=O) groups is 2. The van der Waals surface area contributed by atoms with E-state index >= 15 is 0 Å². The summed E-state index contributed by atoms with van der Waals surface area (Å²) >= 11 is 0. The first-order valence-electron chi connectivity index (χ1n) is 10.5. The topological polar surface area (TPSA) is 106 Å². The maximum atomic E-state index is 12.6. The highest BCUT2D eigenvalue weighted by Crippen LogP contribution is 2.27. The smallest absolute Gasteiger partial charge is 0.411 e. The molecule has 9 heteroatoms. The second-order valence-corrected chi connectivity index (χ2v) is 7.63. The van der Waals surface area contributed by atoms with Crippen LogP contribution in [0.5, 0.6) is 0 Å². The average Bonchev–Trinajstić information content (AvgIpc) is 3.34. The number of amides is 3. The molecule has 2 aromatic carbocycles. The van der Waals surface area contributed by atoms with Crippen molar-refractivity contribution in [1.29, 1.82) is 0 Å². The summed E-state index contributed by atoms with van der Waals surface area (Å²) < 4.78 is 9.98. The van der Waals surface area contributed by atoms with Crippen LogP contribution in [0.25, 0.3) is 22.4 Å². The number of urea groups is 1. The number of likely N-dealkylation sites (tertiary alicyclic amines) is 1. The van der Waals surface area contributed by atoms with E-state index in [9.17, 15) is 9.59 Å². The molecule has 0 saturated carbocycles. The molecule has 1 atom stereocenters. The fraction of sp³-hybridized carbons (Fsp3) is 0.250. The van der Waals surface area contributed by atoms with E-state index in [2.05, 4.69) is 25.6 Å². The van der Waals surface area contributed by atoms with Crippen LogP contribution in [0.1, 0.15) is 6.42 Å². The fourth-order valence-electron chi connectivity index (χ4n) is 3.67. The zero-order valence-corrected chi connectivity index (χ0v) is 18.4. The van der Waals surface area contributed by atoms with Crippen LogP contribution in [0.4, 0.5) is 21.0 Å². The van der Waals surface area contributed by atoms with Crippen molar-refractivity contribution in [2.75, 3.05) is 37.9 Å². The van der Waals surface area contributed by atoms with Gasteiger partial charge in [-0.2, -0.15) is 10.2 Å². The SMILES string of the molecule is COC(=O)Nc1cccc(-c2cnnc(-c3cccc(NC(=O)N4CC[C@@H](OC)C4)c3)c2)c1. The molecule has 0 unspecified atom stereocenters. The van der Waals surface area contributed by atoms with Gasteiger partial charge in [0.2, 0.25) is 0 Å². The number of hydrogen-bond donors (Lipinski definition) is 2. The van der Waals surface area contributed by atoms with Gasteiger partial charge in [-0.25, -0.2) is 9.59 Å². The Morgan fingerprint density at radius 2 is 1.70 bits per heavy atom. The number of benzene rings is 2. The van der Waals surface area contributed by atoms with Crippen molar-refractivity contribution < 1.29 is 19.1 Å². The molecule has 4 rings (SSSR count). The molecule has 1 aliphatic heterocycles. The van der Waals surface area contributed by atoms with Crippen molar-refractivity contribution in [3.63, 3.8) is 0 Å². The fourth-order valence-corrected chi connectivity index (χ4v) is 3.67. The van der Waals surface area contributed by atoms with Crippen LogP contribution in [0, 0.1) is 0 Å². The molecule has 0 bridgehead atoms. The van der Waals surface area contributed by atoms with E-state index in [1.807, 2.05) is 48.5 Å². The predicted molar refractivity (Wildman–Crippen MR) is 125 cm³/mol. The Bertz CT molecular complexity index is 1150. The Morgan fingerprint density at radius 3 is 2.42 bits per heavy atom. The molecule has 33 heavy (non-hydrogen) atoms. The highest BCUT2D eigenvalue weighted by molar-refractivity contribution is 5.90. The summed E-state index contributed by atoms with van der Waals surface area (Å²) in [6, 6.07) is 16.6. The summed E-state index contributed by atoms with van der Waals surface area (Å²) in [6.45, 7) is 1.25. The van der Waals surface area contributed by atoms with Gasteiger partial charge in [-0.05, 0) is 42.3 Å². The van der Waals surface area contributed by atoms with Gasteiger partial charge in [0.05, 0.1) is 25.1 Å². The molecule has 1 aliphatic rings. The van der Waals surface area contributed by atoms with Gasteiger partial charge < -0.3 is 19.7 Å². The minimum Gasteiger partial charge on any atom is -0.453 e. The third-order valence-electron chi connectivity index (χ3n) is 5.46.